The second-order valence-electron chi connectivity index (χ2n) is 6.12. The van der Waals surface area contributed by atoms with Crippen molar-refractivity contribution in [3.05, 3.63) is 91.8 Å². The summed E-state index contributed by atoms with van der Waals surface area (Å²) in [5, 5.41) is 0.981. The lowest BCUT2D eigenvalue weighted by atomic mass is 10.1. The number of benzene rings is 1. The molecular weight excluding hydrogens is 399 g/mol. The van der Waals surface area contributed by atoms with Gasteiger partial charge in [-0.15, -0.1) is 0 Å². The molecular formula is C20H18Cl2N4O2. The highest BCUT2D eigenvalue weighted by molar-refractivity contribution is 6.36. The van der Waals surface area contributed by atoms with Gasteiger partial charge in [-0.05, 0) is 42.3 Å². The Hall–Kier alpha value is -2.70. The van der Waals surface area contributed by atoms with Crippen molar-refractivity contribution in [1.29, 1.82) is 0 Å². The highest BCUT2D eigenvalue weighted by atomic mass is 35.5. The minimum Gasteiger partial charge on any atom is -0.334 e. The van der Waals surface area contributed by atoms with Crippen LogP contribution in [0.3, 0.4) is 0 Å². The average Bonchev–Trinajstić information content (AvgIpc) is 2.69. The van der Waals surface area contributed by atoms with Crippen molar-refractivity contribution in [3.8, 4) is 0 Å². The third-order valence-corrected chi connectivity index (χ3v) is 4.99. The number of nitrogens with one attached hydrogen (secondary N) is 1. The number of pyridine rings is 1. The molecule has 0 saturated heterocycles. The lowest BCUT2D eigenvalue weighted by Crippen LogP contribution is -2.34. The number of rotatable bonds is 6. The first-order valence-electron chi connectivity index (χ1n) is 8.68. The van der Waals surface area contributed by atoms with Gasteiger partial charge in [-0.2, -0.15) is 0 Å². The molecule has 2 aromatic heterocycles. The molecule has 3 aromatic rings. The van der Waals surface area contributed by atoms with Gasteiger partial charge in [0.05, 0.1) is 0 Å². The Balaban J connectivity index is 1.81. The number of carbonyl (C=O) groups excluding carboxylic acids is 1. The van der Waals surface area contributed by atoms with Crippen LogP contribution >= 0.6 is 23.2 Å². The molecule has 0 saturated carbocycles. The molecule has 0 unspecified atom stereocenters. The SMILES string of the molecule is CCN(Cc1ccncc1)C(=O)c1cnc(Cc2c(Cl)cccc2Cl)[nH]c1=O. The van der Waals surface area contributed by atoms with E-state index in [2.05, 4.69) is 15.0 Å². The first-order valence-corrected chi connectivity index (χ1v) is 9.44. The van der Waals surface area contributed by atoms with Crippen molar-refractivity contribution >= 4 is 29.1 Å². The van der Waals surface area contributed by atoms with E-state index in [1.807, 2.05) is 19.1 Å². The first-order chi connectivity index (χ1) is 13.5. The zero-order valence-electron chi connectivity index (χ0n) is 15.2. The predicted octanol–water partition coefficient (Wildman–Crippen LogP) is 3.72. The molecule has 28 heavy (non-hydrogen) atoms. The summed E-state index contributed by atoms with van der Waals surface area (Å²) in [6.07, 6.45) is 4.89. The summed E-state index contributed by atoms with van der Waals surface area (Å²) in [7, 11) is 0. The molecule has 0 aliphatic carbocycles. The predicted molar refractivity (Wildman–Crippen MR) is 109 cm³/mol. The molecule has 1 N–H and O–H groups in total. The van der Waals surface area contributed by atoms with E-state index in [1.54, 1.807) is 35.5 Å². The second kappa shape index (κ2) is 8.99. The summed E-state index contributed by atoms with van der Waals surface area (Å²) in [5.41, 5.74) is 1.09. The molecule has 0 aliphatic heterocycles. The molecule has 0 spiro atoms. The van der Waals surface area contributed by atoms with Crippen LogP contribution in [0.2, 0.25) is 10.0 Å². The van der Waals surface area contributed by atoms with E-state index in [0.717, 1.165) is 5.56 Å². The van der Waals surface area contributed by atoms with Crippen molar-refractivity contribution in [1.82, 2.24) is 19.9 Å². The molecule has 0 fully saturated rings. The lowest BCUT2D eigenvalue weighted by Gasteiger charge is -2.20. The van der Waals surface area contributed by atoms with Crippen LogP contribution in [-0.4, -0.2) is 32.3 Å². The van der Waals surface area contributed by atoms with Crippen LogP contribution < -0.4 is 5.56 Å². The lowest BCUT2D eigenvalue weighted by molar-refractivity contribution is 0.0750. The summed E-state index contributed by atoms with van der Waals surface area (Å²) in [4.78, 5) is 37.7. The van der Waals surface area contributed by atoms with Crippen molar-refractivity contribution in [2.45, 2.75) is 19.9 Å². The fraction of sp³-hybridized carbons (Fsp3) is 0.200. The van der Waals surface area contributed by atoms with Crippen LogP contribution in [0.15, 0.2) is 53.7 Å². The number of hydrogen-bond acceptors (Lipinski definition) is 4. The largest absolute Gasteiger partial charge is 0.334 e. The Labute approximate surface area is 172 Å². The number of aromatic nitrogens is 3. The number of nitrogens with zero attached hydrogens (tertiary/aromatic N) is 3. The Morgan fingerprint density at radius 2 is 1.82 bits per heavy atom. The van der Waals surface area contributed by atoms with Gasteiger partial charge in [-0.25, -0.2) is 4.98 Å². The van der Waals surface area contributed by atoms with Crippen molar-refractivity contribution in [3.63, 3.8) is 0 Å². The Morgan fingerprint density at radius 3 is 2.43 bits per heavy atom. The maximum Gasteiger partial charge on any atom is 0.263 e. The number of amides is 1. The monoisotopic (exact) mass is 416 g/mol. The van der Waals surface area contributed by atoms with E-state index in [-0.39, 0.29) is 17.9 Å². The maximum absolute atomic E-state index is 12.8. The van der Waals surface area contributed by atoms with E-state index in [9.17, 15) is 9.59 Å². The fourth-order valence-electron chi connectivity index (χ4n) is 2.75. The van der Waals surface area contributed by atoms with Crippen LogP contribution in [0.1, 0.15) is 34.2 Å². The Kier molecular flexibility index (Phi) is 6.44. The zero-order chi connectivity index (χ0) is 20.1. The summed E-state index contributed by atoms with van der Waals surface area (Å²) >= 11 is 12.3. The van der Waals surface area contributed by atoms with Crippen molar-refractivity contribution in [2.75, 3.05) is 6.54 Å². The minimum absolute atomic E-state index is 0.00934. The van der Waals surface area contributed by atoms with Gasteiger partial charge in [-0.1, -0.05) is 29.3 Å². The summed E-state index contributed by atoms with van der Waals surface area (Å²) in [6.45, 7) is 2.69. The van der Waals surface area contributed by atoms with Crippen LogP contribution in [0, 0.1) is 0 Å². The minimum atomic E-state index is -0.494. The van der Waals surface area contributed by atoms with Crippen LogP contribution in [-0.2, 0) is 13.0 Å². The topological polar surface area (TPSA) is 79.0 Å². The molecule has 144 valence electrons. The van der Waals surface area contributed by atoms with Gasteiger partial charge in [0, 0.05) is 48.1 Å². The first kappa shape index (κ1) is 20.0. The summed E-state index contributed by atoms with van der Waals surface area (Å²) < 4.78 is 0. The molecule has 0 aliphatic rings. The smallest absolute Gasteiger partial charge is 0.263 e. The van der Waals surface area contributed by atoms with E-state index >= 15 is 0 Å². The van der Waals surface area contributed by atoms with Crippen molar-refractivity contribution < 1.29 is 4.79 Å². The number of carbonyl (C=O) groups is 1. The van der Waals surface area contributed by atoms with Gasteiger partial charge in [0.2, 0.25) is 0 Å². The van der Waals surface area contributed by atoms with Gasteiger partial charge >= 0.3 is 0 Å². The molecule has 1 aromatic carbocycles. The standard InChI is InChI=1S/C20H18Cl2N4O2/c1-2-26(12-13-6-8-23-9-7-13)20(28)15-11-24-18(25-19(15)27)10-14-16(21)4-3-5-17(14)22/h3-9,11H,2,10,12H2,1H3,(H,24,25,27). The molecule has 6 nitrogen and oxygen atoms in total. The highest BCUT2D eigenvalue weighted by Gasteiger charge is 2.19. The normalized spacial score (nSPS) is 10.7. The molecule has 0 bridgehead atoms. The van der Waals surface area contributed by atoms with Crippen LogP contribution in [0.4, 0.5) is 0 Å². The quantitative estimate of drug-likeness (QED) is 0.663. The molecule has 2 heterocycles. The van der Waals surface area contributed by atoms with Gasteiger partial charge in [0.25, 0.3) is 11.5 Å². The molecule has 8 heteroatoms. The number of H-pyrrole nitrogens is 1. The zero-order valence-corrected chi connectivity index (χ0v) is 16.7. The van der Waals surface area contributed by atoms with Crippen molar-refractivity contribution in [2.24, 2.45) is 0 Å². The number of hydrogen-bond donors (Lipinski definition) is 1. The third-order valence-electron chi connectivity index (χ3n) is 4.28. The fourth-order valence-corrected chi connectivity index (χ4v) is 3.28. The van der Waals surface area contributed by atoms with Crippen LogP contribution in [0.25, 0.3) is 0 Å². The van der Waals surface area contributed by atoms with E-state index < -0.39 is 5.56 Å². The van der Waals surface area contributed by atoms with E-state index in [4.69, 9.17) is 23.2 Å². The summed E-state index contributed by atoms with van der Waals surface area (Å²) in [5.74, 6) is 0.00382. The van der Waals surface area contributed by atoms with Gasteiger partial charge in [0.1, 0.15) is 11.4 Å². The Bertz CT molecular complexity index is 1020. The second-order valence-corrected chi connectivity index (χ2v) is 6.94. The molecule has 0 radical (unpaired) electrons. The average molecular weight is 417 g/mol. The van der Waals surface area contributed by atoms with E-state index in [0.29, 0.717) is 34.5 Å². The van der Waals surface area contributed by atoms with E-state index in [1.165, 1.54) is 6.20 Å². The third kappa shape index (κ3) is 4.58. The number of halogens is 2. The van der Waals surface area contributed by atoms with Gasteiger partial charge in [0.15, 0.2) is 0 Å². The maximum atomic E-state index is 12.8. The summed E-state index contributed by atoms with van der Waals surface area (Å²) in [6, 6.07) is 8.84. The highest BCUT2D eigenvalue weighted by Crippen LogP contribution is 2.25. The number of aromatic amines is 1. The van der Waals surface area contributed by atoms with Gasteiger partial charge in [-0.3, -0.25) is 14.6 Å². The molecule has 3 rings (SSSR count). The van der Waals surface area contributed by atoms with Crippen LogP contribution in [0.5, 0.6) is 0 Å². The Morgan fingerprint density at radius 1 is 1.14 bits per heavy atom. The molecule has 0 atom stereocenters. The molecule has 1 amide bonds. The van der Waals surface area contributed by atoms with Gasteiger partial charge < -0.3 is 9.88 Å².